The van der Waals surface area contributed by atoms with E-state index in [-0.39, 0.29) is 0 Å². The Hall–Kier alpha value is -1.16. The van der Waals surface area contributed by atoms with Crippen molar-refractivity contribution in [2.45, 2.75) is 26.0 Å². The van der Waals surface area contributed by atoms with Crippen LogP contribution in [-0.4, -0.2) is 10.7 Å². The highest BCUT2D eigenvalue weighted by molar-refractivity contribution is 7.98. The van der Waals surface area contributed by atoms with Crippen LogP contribution in [0.2, 0.25) is 0 Å². The van der Waals surface area contributed by atoms with Gasteiger partial charge in [-0.15, -0.1) is 0 Å². The van der Waals surface area contributed by atoms with Gasteiger partial charge in [-0.2, -0.15) is 11.8 Å². The lowest BCUT2D eigenvalue weighted by Crippen LogP contribution is -1.95. The van der Waals surface area contributed by atoms with Gasteiger partial charge in [-0.05, 0) is 29.9 Å². The zero-order chi connectivity index (χ0) is 12.3. The molecule has 4 heteroatoms. The highest BCUT2D eigenvalue weighted by Crippen LogP contribution is 2.22. The molecule has 0 amide bonds. The molecule has 0 bridgehead atoms. The quantitative estimate of drug-likeness (QED) is 0.822. The maximum atomic E-state index is 5.70. The van der Waals surface area contributed by atoms with E-state index in [0.717, 1.165) is 40.1 Å². The van der Waals surface area contributed by atoms with E-state index in [1.54, 1.807) is 0 Å². The van der Waals surface area contributed by atoms with Crippen molar-refractivity contribution in [3.8, 4) is 0 Å². The molecule has 1 heterocycles. The number of thioether (sulfide) groups is 1. The Morgan fingerprint density at radius 3 is 3.06 bits per heavy atom. The second-order valence-electron chi connectivity index (χ2n) is 4.36. The van der Waals surface area contributed by atoms with Crippen LogP contribution in [0.15, 0.2) is 22.6 Å². The van der Waals surface area contributed by atoms with E-state index in [4.69, 9.17) is 10.2 Å². The number of nitrogens with two attached hydrogens (primary N) is 1. The lowest BCUT2D eigenvalue weighted by Gasteiger charge is -2.05. The standard InChI is InChI=1S/C13H18N2OS/c1-3-9(2)7-17-8-13-15-11-6-10(14)4-5-12(11)16-13/h4-6,9H,3,7-8,14H2,1-2H3. The number of hydrogen-bond acceptors (Lipinski definition) is 4. The molecule has 0 aliphatic heterocycles. The second kappa shape index (κ2) is 5.45. The summed E-state index contributed by atoms with van der Waals surface area (Å²) in [7, 11) is 0. The first-order valence-corrected chi connectivity index (χ1v) is 7.07. The van der Waals surface area contributed by atoms with Gasteiger partial charge >= 0.3 is 0 Å². The number of rotatable bonds is 5. The summed E-state index contributed by atoms with van der Waals surface area (Å²) in [6, 6.07) is 5.56. The molecule has 0 aliphatic rings. The van der Waals surface area contributed by atoms with Crippen molar-refractivity contribution in [1.29, 1.82) is 0 Å². The number of aromatic nitrogens is 1. The minimum atomic E-state index is 0.726. The Bertz CT molecular complexity index is 495. The molecule has 2 aromatic rings. The fourth-order valence-corrected chi connectivity index (χ4v) is 2.57. The topological polar surface area (TPSA) is 52.0 Å². The summed E-state index contributed by atoms with van der Waals surface area (Å²) >= 11 is 1.87. The van der Waals surface area contributed by atoms with E-state index in [1.165, 1.54) is 6.42 Å². The van der Waals surface area contributed by atoms with E-state index >= 15 is 0 Å². The van der Waals surface area contributed by atoms with E-state index < -0.39 is 0 Å². The summed E-state index contributed by atoms with van der Waals surface area (Å²) in [5, 5.41) is 0. The highest BCUT2D eigenvalue weighted by Gasteiger charge is 2.07. The van der Waals surface area contributed by atoms with Gasteiger partial charge < -0.3 is 10.2 Å². The molecule has 17 heavy (non-hydrogen) atoms. The lowest BCUT2D eigenvalue weighted by molar-refractivity contribution is 0.555. The summed E-state index contributed by atoms with van der Waals surface area (Å²) in [5.41, 5.74) is 8.10. The largest absolute Gasteiger partial charge is 0.440 e. The van der Waals surface area contributed by atoms with Crippen LogP contribution >= 0.6 is 11.8 Å². The summed E-state index contributed by atoms with van der Waals surface area (Å²) in [6.45, 7) is 4.48. The summed E-state index contributed by atoms with van der Waals surface area (Å²) in [4.78, 5) is 4.43. The van der Waals surface area contributed by atoms with Gasteiger partial charge in [0.2, 0.25) is 5.89 Å². The molecule has 0 aliphatic carbocycles. The summed E-state index contributed by atoms with van der Waals surface area (Å²) in [6.07, 6.45) is 1.22. The molecule has 1 aromatic carbocycles. The molecule has 0 spiro atoms. The van der Waals surface area contributed by atoms with Crippen LogP contribution in [0.4, 0.5) is 5.69 Å². The Kier molecular flexibility index (Phi) is 3.94. The number of nitrogens with zero attached hydrogens (tertiary/aromatic N) is 1. The van der Waals surface area contributed by atoms with Gasteiger partial charge in [0.15, 0.2) is 5.58 Å². The average Bonchev–Trinajstić information content (AvgIpc) is 2.70. The average molecular weight is 250 g/mol. The molecule has 0 saturated carbocycles. The van der Waals surface area contributed by atoms with E-state index in [0.29, 0.717) is 0 Å². The zero-order valence-corrected chi connectivity index (χ0v) is 11.1. The minimum Gasteiger partial charge on any atom is -0.440 e. The highest BCUT2D eigenvalue weighted by atomic mass is 32.2. The smallest absolute Gasteiger partial charge is 0.205 e. The van der Waals surface area contributed by atoms with Crippen LogP contribution in [0.1, 0.15) is 26.2 Å². The van der Waals surface area contributed by atoms with Gasteiger partial charge in [-0.25, -0.2) is 4.98 Å². The van der Waals surface area contributed by atoms with Crippen LogP contribution in [0.5, 0.6) is 0 Å². The van der Waals surface area contributed by atoms with E-state index in [1.807, 2.05) is 30.0 Å². The number of oxazole rings is 1. The van der Waals surface area contributed by atoms with Crippen molar-refractivity contribution >= 4 is 28.5 Å². The second-order valence-corrected chi connectivity index (χ2v) is 5.39. The van der Waals surface area contributed by atoms with Gasteiger partial charge in [-0.3, -0.25) is 0 Å². The van der Waals surface area contributed by atoms with Crippen molar-refractivity contribution in [1.82, 2.24) is 4.98 Å². The third kappa shape index (κ3) is 3.16. The first-order valence-electron chi connectivity index (χ1n) is 5.91. The molecule has 1 aromatic heterocycles. The van der Waals surface area contributed by atoms with Crippen molar-refractivity contribution in [2.75, 3.05) is 11.5 Å². The van der Waals surface area contributed by atoms with Crippen molar-refractivity contribution in [2.24, 2.45) is 5.92 Å². The predicted octanol–water partition coefficient (Wildman–Crippen LogP) is 3.69. The van der Waals surface area contributed by atoms with Gasteiger partial charge in [0.25, 0.3) is 0 Å². The minimum absolute atomic E-state index is 0.726. The van der Waals surface area contributed by atoms with Crippen molar-refractivity contribution < 1.29 is 4.42 Å². The number of fused-ring (bicyclic) bond motifs is 1. The molecule has 0 radical (unpaired) electrons. The van der Waals surface area contributed by atoms with Gasteiger partial charge in [-0.1, -0.05) is 20.3 Å². The molecule has 0 saturated heterocycles. The van der Waals surface area contributed by atoms with Gasteiger partial charge in [0.05, 0.1) is 5.75 Å². The molecule has 0 fully saturated rings. The molecular formula is C13H18N2OS. The third-order valence-corrected chi connectivity index (χ3v) is 4.04. The number of benzene rings is 1. The molecule has 1 atom stereocenters. The lowest BCUT2D eigenvalue weighted by atomic mass is 10.2. The molecular weight excluding hydrogens is 232 g/mol. The van der Waals surface area contributed by atoms with Crippen molar-refractivity contribution in [3.05, 3.63) is 24.1 Å². The fourth-order valence-electron chi connectivity index (χ4n) is 1.52. The Labute approximate surface area is 106 Å². The Morgan fingerprint density at radius 2 is 2.29 bits per heavy atom. The van der Waals surface area contributed by atoms with Gasteiger partial charge in [0, 0.05) is 5.69 Å². The normalized spacial score (nSPS) is 13.1. The van der Waals surface area contributed by atoms with Gasteiger partial charge in [0.1, 0.15) is 5.52 Å². The Morgan fingerprint density at radius 1 is 1.47 bits per heavy atom. The number of hydrogen-bond donors (Lipinski definition) is 1. The monoisotopic (exact) mass is 250 g/mol. The SMILES string of the molecule is CCC(C)CSCc1nc2cc(N)ccc2o1. The molecule has 1 unspecified atom stereocenters. The molecule has 3 nitrogen and oxygen atoms in total. The first kappa shape index (κ1) is 12.3. The zero-order valence-electron chi connectivity index (χ0n) is 10.3. The van der Waals surface area contributed by atoms with Crippen molar-refractivity contribution in [3.63, 3.8) is 0 Å². The maximum absolute atomic E-state index is 5.70. The Balaban J connectivity index is 1.99. The van der Waals surface area contributed by atoms with Crippen LogP contribution in [0.25, 0.3) is 11.1 Å². The summed E-state index contributed by atoms with van der Waals surface area (Å²) in [5.74, 6) is 3.52. The molecule has 2 N–H and O–H groups in total. The third-order valence-electron chi connectivity index (χ3n) is 2.78. The molecule has 2 rings (SSSR count). The summed E-state index contributed by atoms with van der Waals surface area (Å²) < 4.78 is 5.65. The number of nitrogen functional groups attached to an aromatic ring is 1. The van der Waals surface area contributed by atoms with Crippen LogP contribution in [0.3, 0.4) is 0 Å². The van der Waals surface area contributed by atoms with Crippen LogP contribution in [0, 0.1) is 5.92 Å². The fraction of sp³-hybridized carbons (Fsp3) is 0.462. The first-order chi connectivity index (χ1) is 8.19. The number of anilines is 1. The van der Waals surface area contributed by atoms with Crippen LogP contribution in [-0.2, 0) is 5.75 Å². The van der Waals surface area contributed by atoms with Crippen LogP contribution < -0.4 is 5.73 Å². The van der Waals surface area contributed by atoms with E-state index in [2.05, 4.69) is 18.8 Å². The predicted molar refractivity (Wildman–Crippen MR) is 74.0 cm³/mol. The van der Waals surface area contributed by atoms with E-state index in [9.17, 15) is 0 Å². The maximum Gasteiger partial charge on any atom is 0.205 e. The molecule has 92 valence electrons.